The first-order valence-electron chi connectivity index (χ1n) is 9.21. The van der Waals surface area contributed by atoms with Crippen molar-refractivity contribution in [3.05, 3.63) is 75.6 Å². The molecule has 1 amide bonds. The zero-order valence-corrected chi connectivity index (χ0v) is 17.6. The fourth-order valence-corrected chi connectivity index (χ4v) is 3.80. The molecule has 0 aliphatic rings. The predicted octanol–water partition coefficient (Wildman–Crippen LogP) is 1.50. The summed E-state index contributed by atoms with van der Waals surface area (Å²) in [6, 6.07) is 12.2. The molecule has 0 unspecified atom stereocenters. The van der Waals surface area contributed by atoms with Crippen LogP contribution in [0.3, 0.4) is 0 Å². The van der Waals surface area contributed by atoms with Gasteiger partial charge >= 0.3 is 0 Å². The molecule has 0 fully saturated rings. The van der Waals surface area contributed by atoms with E-state index in [4.69, 9.17) is 0 Å². The quantitative estimate of drug-likeness (QED) is 0.304. The molecule has 0 aliphatic carbocycles. The van der Waals surface area contributed by atoms with E-state index in [1.807, 2.05) is 6.92 Å². The van der Waals surface area contributed by atoms with E-state index in [0.717, 1.165) is 5.56 Å². The number of hydrogen-bond acceptors (Lipinski definition) is 7. The van der Waals surface area contributed by atoms with E-state index < -0.39 is 20.9 Å². The largest absolute Gasteiger partial charge is 0.349 e. The lowest BCUT2D eigenvalue weighted by Crippen LogP contribution is -2.35. The van der Waals surface area contributed by atoms with Gasteiger partial charge in [-0.3, -0.25) is 14.9 Å². The second kappa shape index (κ2) is 9.02. The molecule has 162 valence electrons. The number of sulfonamides is 1. The summed E-state index contributed by atoms with van der Waals surface area (Å²) in [4.78, 5) is 23.0. The molecule has 0 aliphatic heterocycles. The third-order valence-corrected chi connectivity index (χ3v) is 5.91. The van der Waals surface area contributed by atoms with Crippen molar-refractivity contribution in [2.45, 2.75) is 18.7 Å². The van der Waals surface area contributed by atoms with Crippen LogP contribution < -0.4 is 10.0 Å². The fourth-order valence-electron chi connectivity index (χ4n) is 2.77. The maximum atomic E-state index is 12.4. The van der Waals surface area contributed by atoms with Crippen molar-refractivity contribution < 1.29 is 18.1 Å². The second-order valence-corrected chi connectivity index (χ2v) is 8.45. The van der Waals surface area contributed by atoms with E-state index in [2.05, 4.69) is 20.4 Å². The molecule has 12 heteroatoms. The van der Waals surface area contributed by atoms with Crippen molar-refractivity contribution >= 4 is 21.6 Å². The lowest BCUT2D eigenvalue weighted by atomic mass is 10.2. The Bertz CT molecular complexity index is 1220. The number of aryl methyl sites for hydroxylation is 1. The molecular weight excluding hydrogens is 424 g/mol. The Hall–Kier alpha value is -3.64. The molecule has 2 aromatic carbocycles. The molecule has 2 N–H and O–H groups in total. The summed E-state index contributed by atoms with van der Waals surface area (Å²) in [5.41, 5.74) is 1.65. The van der Waals surface area contributed by atoms with Gasteiger partial charge in [0, 0.05) is 25.2 Å². The molecule has 0 bridgehead atoms. The van der Waals surface area contributed by atoms with Crippen LogP contribution in [0.2, 0.25) is 0 Å². The number of amides is 1. The minimum atomic E-state index is -3.68. The van der Waals surface area contributed by atoms with Crippen LogP contribution in [-0.4, -0.2) is 47.3 Å². The maximum Gasteiger partial charge on any atom is 0.273 e. The number of nitrogens with zero attached hydrogens (tertiary/aromatic N) is 4. The fraction of sp³-hybridized carbons (Fsp3) is 0.211. The number of aromatic nitrogens is 3. The van der Waals surface area contributed by atoms with Gasteiger partial charge in [0.15, 0.2) is 5.69 Å². The van der Waals surface area contributed by atoms with Crippen LogP contribution in [0.1, 0.15) is 21.7 Å². The summed E-state index contributed by atoms with van der Waals surface area (Å²) in [5, 5.41) is 21.3. The Balaban J connectivity index is 1.61. The summed E-state index contributed by atoms with van der Waals surface area (Å²) in [5.74, 6) is -0.538. The number of carbonyl (C=O) groups is 1. The third kappa shape index (κ3) is 5.10. The number of nitro groups is 1. The highest BCUT2D eigenvalue weighted by Crippen LogP contribution is 2.18. The number of rotatable bonds is 8. The number of non-ortho nitro benzene ring substituents is 1. The van der Waals surface area contributed by atoms with Crippen LogP contribution in [0.15, 0.2) is 53.4 Å². The van der Waals surface area contributed by atoms with Gasteiger partial charge in [0.05, 0.1) is 21.2 Å². The Morgan fingerprint density at radius 2 is 1.84 bits per heavy atom. The van der Waals surface area contributed by atoms with Gasteiger partial charge < -0.3 is 5.32 Å². The Morgan fingerprint density at radius 1 is 1.13 bits per heavy atom. The van der Waals surface area contributed by atoms with Crippen molar-refractivity contribution in [3.8, 4) is 5.69 Å². The lowest BCUT2D eigenvalue weighted by Gasteiger charge is -2.08. The number of carbonyl (C=O) groups excluding carboxylic acids is 1. The number of benzene rings is 2. The first-order valence-corrected chi connectivity index (χ1v) is 10.7. The van der Waals surface area contributed by atoms with Gasteiger partial charge in [-0.05, 0) is 32.0 Å². The van der Waals surface area contributed by atoms with Gasteiger partial charge in [-0.15, -0.1) is 5.10 Å². The highest BCUT2D eigenvalue weighted by molar-refractivity contribution is 7.89. The van der Waals surface area contributed by atoms with Crippen molar-refractivity contribution in [3.63, 3.8) is 0 Å². The Morgan fingerprint density at radius 3 is 2.52 bits per heavy atom. The number of nitro benzene ring substituents is 1. The van der Waals surface area contributed by atoms with Crippen LogP contribution in [0.25, 0.3) is 5.69 Å². The highest BCUT2D eigenvalue weighted by atomic mass is 32.2. The molecule has 3 aromatic rings. The van der Waals surface area contributed by atoms with Crippen molar-refractivity contribution in [2.75, 3.05) is 13.1 Å². The molecule has 1 aromatic heterocycles. The van der Waals surface area contributed by atoms with Crippen LogP contribution in [0.5, 0.6) is 0 Å². The normalized spacial score (nSPS) is 11.3. The molecule has 11 nitrogen and oxygen atoms in total. The first kappa shape index (κ1) is 22.1. The van der Waals surface area contributed by atoms with E-state index in [1.54, 1.807) is 25.1 Å². The molecule has 1 heterocycles. The molecule has 31 heavy (non-hydrogen) atoms. The number of nitrogens with one attached hydrogen (secondary N) is 2. The first-order chi connectivity index (χ1) is 14.7. The van der Waals surface area contributed by atoms with Crippen LogP contribution in [0.4, 0.5) is 5.69 Å². The van der Waals surface area contributed by atoms with Crippen molar-refractivity contribution in [1.82, 2.24) is 25.0 Å². The van der Waals surface area contributed by atoms with Crippen molar-refractivity contribution in [2.24, 2.45) is 0 Å². The van der Waals surface area contributed by atoms with Crippen molar-refractivity contribution in [1.29, 1.82) is 0 Å². The molecule has 0 radical (unpaired) electrons. The number of hydrogen-bond donors (Lipinski definition) is 2. The van der Waals surface area contributed by atoms with E-state index in [9.17, 15) is 23.3 Å². The zero-order valence-electron chi connectivity index (χ0n) is 16.8. The summed E-state index contributed by atoms with van der Waals surface area (Å²) < 4.78 is 28.2. The van der Waals surface area contributed by atoms with Gasteiger partial charge in [0.1, 0.15) is 0 Å². The van der Waals surface area contributed by atoms with Gasteiger partial charge in [-0.2, -0.15) is 0 Å². The van der Waals surface area contributed by atoms with E-state index >= 15 is 0 Å². The summed E-state index contributed by atoms with van der Waals surface area (Å²) in [6.07, 6.45) is 0. The topological polar surface area (TPSA) is 149 Å². The maximum absolute atomic E-state index is 12.4. The van der Waals surface area contributed by atoms with E-state index in [-0.39, 0.29) is 29.4 Å². The van der Waals surface area contributed by atoms with Gasteiger partial charge in [0.2, 0.25) is 10.0 Å². The second-order valence-electron chi connectivity index (χ2n) is 6.68. The summed E-state index contributed by atoms with van der Waals surface area (Å²) in [7, 11) is -3.68. The van der Waals surface area contributed by atoms with Gasteiger partial charge in [-0.1, -0.05) is 29.0 Å². The predicted molar refractivity (Wildman–Crippen MR) is 111 cm³/mol. The standard InChI is InChI=1S/C19H20N6O5S/c1-13-6-8-17(9-7-13)31(29,30)21-11-10-20-19(26)18-14(2)24(23-22-18)15-4-3-5-16(12-15)25(27)28/h3-9,12,21H,10-11H2,1-2H3,(H,20,26). The molecular formula is C19H20N6O5S. The van der Waals surface area contributed by atoms with Gasteiger partial charge in [-0.25, -0.2) is 17.8 Å². The monoisotopic (exact) mass is 444 g/mol. The smallest absolute Gasteiger partial charge is 0.273 e. The minimum Gasteiger partial charge on any atom is -0.349 e. The lowest BCUT2D eigenvalue weighted by molar-refractivity contribution is -0.384. The van der Waals surface area contributed by atoms with Gasteiger partial charge in [0.25, 0.3) is 11.6 Å². The zero-order chi connectivity index (χ0) is 22.6. The molecule has 0 saturated carbocycles. The Kier molecular flexibility index (Phi) is 6.42. The van der Waals surface area contributed by atoms with Crippen LogP contribution >= 0.6 is 0 Å². The van der Waals surface area contributed by atoms with E-state index in [0.29, 0.717) is 11.4 Å². The third-order valence-electron chi connectivity index (χ3n) is 4.43. The average Bonchev–Trinajstić information content (AvgIpc) is 3.13. The average molecular weight is 444 g/mol. The molecule has 0 spiro atoms. The molecule has 0 saturated heterocycles. The SMILES string of the molecule is Cc1ccc(S(=O)(=O)NCCNC(=O)c2nnn(-c3cccc([N+](=O)[O-])c3)c2C)cc1. The minimum absolute atomic E-state index is 0.0139. The molecule has 3 rings (SSSR count). The highest BCUT2D eigenvalue weighted by Gasteiger charge is 2.19. The Labute approximate surface area is 178 Å². The van der Waals surface area contributed by atoms with E-state index in [1.165, 1.54) is 35.0 Å². The molecule has 0 atom stereocenters. The van der Waals surface area contributed by atoms with Crippen LogP contribution in [-0.2, 0) is 10.0 Å². The summed E-state index contributed by atoms with van der Waals surface area (Å²) in [6.45, 7) is 3.48. The van der Waals surface area contributed by atoms with Crippen LogP contribution in [0, 0.1) is 24.0 Å². The summed E-state index contributed by atoms with van der Waals surface area (Å²) >= 11 is 0.